The van der Waals surface area contributed by atoms with Gasteiger partial charge >= 0.3 is 11.9 Å². The van der Waals surface area contributed by atoms with Crippen LogP contribution in [0.25, 0.3) is 0 Å². The summed E-state index contributed by atoms with van der Waals surface area (Å²) < 4.78 is 16.6. The maximum atomic E-state index is 13.8. The fourth-order valence-electron chi connectivity index (χ4n) is 4.94. The molecule has 1 heterocycles. The second kappa shape index (κ2) is 10.4. The molecule has 1 N–H and O–H groups in total. The first kappa shape index (κ1) is 25.2. The number of benzene rings is 2. The van der Waals surface area contributed by atoms with Gasteiger partial charge in [-0.25, -0.2) is 4.79 Å². The lowest BCUT2D eigenvalue weighted by Gasteiger charge is -2.38. The van der Waals surface area contributed by atoms with E-state index in [4.69, 9.17) is 14.2 Å². The Morgan fingerprint density at radius 2 is 1.72 bits per heavy atom. The van der Waals surface area contributed by atoms with Crippen molar-refractivity contribution in [1.29, 1.82) is 0 Å². The molecule has 2 aromatic carbocycles. The maximum Gasteiger partial charge on any atom is 0.337 e. The maximum absolute atomic E-state index is 13.8. The van der Waals surface area contributed by atoms with Crippen LogP contribution in [0.15, 0.2) is 77.1 Å². The molecule has 36 heavy (non-hydrogen) atoms. The third-order valence-electron chi connectivity index (χ3n) is 6.48. The monoisotopic (exact) mass is 489 g/mol. The van der Waals surface area contributed by atoms with Crippen LogP contribution in [0.2, 0.25) is 0 Å². The van der Waals surface area contributed by atoms with Gasteiger partial charge in [-0.15, -0.1) is 0 Å². The van der Waals surface area contributed by atoms with Crippen molar-refractivity contribution in [2.75, 3.05) is 7.11 Å². The number of carbonyl (C=O) groups is 3. The second-order valence-electron chi connectivity index (χ2n) is 9.48. The lowest BCUT2D eigenvalue weighted by atomic mass is 9.69. The van der Waals surface area contributed by atoms with E-state index in [1.165, 1.54) is 7.11 Å². The molecule has 7 heteroatoms. The molecule has 0 saturated carbocycles. The van der Waals surface area contributed by atoms with Gasteiger partial charge in [0.15, 0.2) is 5.78 Å². The van der Waals surface area contributed by atoms with Gasteiger partial charge < -0.3 is 19.5 Å². The standard InChI is InChI=1S/C29H31NO6/c1-16(2)35-29(33)24-18(4)30-22-14-17(3)23(28(32)34-5)27(31)26(22)25(24)19-10-9-13-21(15-19)36-20-11-7-6-8-12-20/h6-13,15-17,23,25,30H,14H2,1-5H3/t17-,23-,25-/m0/s1. The number of dihydropyridines is 1. The molecule has 1 aliphatic heterocycles. The molecule has 2 aliphatic rings. The van der Waals surface area contributed by atoms with Crippen molar-refractivity contribution in [1.82, 2.24) is 5.32 Å². The minimum absolute atomic E-state index is 0.249. The summed E-state index contributed by atoms with van der Waals surface area (Å²) >= 11 is 0. The molecule has 3 atom stereocenters. The van der Waals surface area contributed by atoms with E-state index in [1.807, 2.05) is 61.5 Å². The fraction of sp³-hybridized carbons (Fsp3) is 0.345. The summed E-state index contributed by atoms with van der Waals surface area (Å²) in [5, 5.41) is 3.27. The third-order valence-corrected chi connectivity index (χ3v) is 6.48. The number of rotatable bonds is 6. The van der Waals surface area contributed by atoms with Crippen LogP contribution in [0.1, 0.15) is 45.6 Å². The Kier molecular flexibility index (Phi) is 7.29. The first-order valence-electron chi connectivity index (χ1n) is 12.1. The van der Waals surface area contributed by atoms with Gasteiger partial charge in [0.05, 0.1) is 18.8 Å². The van der Waals surface area contributed by atoms with E-state index >= 15 is 0 Å². The highest BCUT2D eigenvalue weighted by atomic mass is 16.5. The summed E-state index contributed by atoms with van der Waals surface area (Å²) in [7, 11) is 1.28. The molecule has 1 aliphatic carbocycles. The number of hydrogen-bond acceptors (Lipinski definition) is 7. The number of para-hydroxylation sites is 1. The number of Topliss-reactive ketones (excluding diaryl/α,β-unsaturated/α-hetero) is 1. The van der Waals surface area contributed by atoms with Crippen molar-refractivity contribution < 1.29 is 28.6 Å². The Morgan fingerprint density at radius 1 is 1.03 bits per heavy atom. The highest BCUT2D eigenvalue weighted by Gasteiger charge is 2.47. The first-order valence-corrected chi connectivity index (χ1v) is 12.1. The summed E-state index contributed by atoms with van der Waals surface area (Å²) in [5.41, 5.74) is 2.76. The number of ketones is 1. The molecule has 7 nitrogen and oxygen atoms in total. The molecular weight excluding hydrogens is 458 g/mol. The predicted octanol–water partition coefficient (Wildman–Crippen LogP) is 5.04. The molecule has 0 fully saturated rings. The van der Waals surface area contributed by atoms with Crippen molar-refractivity contribution >= 4 is 17.7 Å². The lowest BCUT2D eigenvalue weighted by Crippen LogP contribution is -2.43. The van der Waals surface area contributed by atoms with Gasteiger partial charge in [0.1, 0.15) is 17.4 Å². The van der Waals surface area contributed by atoms with Crippen molar-refractivity contribution in [3.8, 4) is 11.5 Å². The normalized spacial score (nSPS) is 21.6. The minimum atomic E-state index is -0.942. The molecule has 0 bridgehead atoms. The van der Waals surface area contributed by atoms with Gasteiger partial charge in [0.2, 0.25) is 0 Å². The smallest absolute Gasteiger partial charge is 0.337 e. The highest BCUT2D eigenvalue weighted by Crippen LogP contribution is 2.46. The largest absolute Gasteiger partial charge is 0.468 e. The second-order valence-corrected chi connectivity index (χ2v) is 9.48. The summed E-state index contributed by atoms with van der Waals surface area (Å²) in [6.45, 7) is 7.22. The number of ether oxygens (including phenoxy) is 3. The van der Waals surface area contributed by atoms with E-state index in [9.17, 15) is 14.4 Å². The van der Waals surface area contributed by atoms with Crippen molar-refractivity contribution in [2.24, 2.45) is 11.8 Å². The Balaban J connectivity index is 1.83. The van der Waals surface area contributed by atoms with Crippen molar-refractivity contribution in [3.63, 3.8) is 0 Å². The predicted molar refractivity (Wildman–Crippen MR) is 134 cm³/mol. The van der Waals surface area contributed by atoms with Crippen LogP contribution < -0.4 is 10.1 Å². The number of allylic oxidation sites excluding steroid dienone is 3. The van der Waals surface area contributed by atoms with Gasteiger partial charge in [-0.2, -0.15) is 0 Å². The number of esters is 2. The molecule has 0 spiro atoms. The van der Waals surface area contributed by atoms with Gasteiger partial charge in [-0.1, -0.05) is 37.3 Å². The number of carbonyl (C=O) groups excluding carboxylic acids is 3. The summed E-state index contributed by atoms with van der Waals surface area (Å²) in [4.78, 5) is 39.7. The number of nitrogens with one attached hydrogen (secondary N) is 1. The van der Waals surface area contributed by atoms with Crippen LogP contribution in [0.5, 0.6) is 11.5 Å². The molecule has 0 amide bonds. The van der Waals surface area contributed by atoms with Gasteiger partial charge in [-0.3, -0.25) is 9.59 Å². The average molecular weight is 490 g/mol. The Bertz CT molecular complexity index is 1240. The van der Waals surface area contributed by atoms with Crippen LogP contribution in [0.3, 0.4) is 0 Å². The molecule has 188 valence electrons. The summed E-state index contributed by atoms with van der Waals surface area (Å²) in [6, 6.07) is 16.7. The van der Waals surface area contributed by atoms with E-state index in [1.54, 1.807) is 20.8 Å². The lowest BCUT2D eigenvalue weighted by molar-refractivity contribution is -0.151. The highest BCUT2D eigenvalue weighted by molar-refractivity contribution is 6.12. The molecule has 0 unspecified atom stereocenters. The van der Waals surface area contributed by atoms with E-state index in [0.29, 0.717) is 46.0 Å². The van der Waals surface area contributed by atoms with Crippen molar-refractivity contribution in [2.45, 2.75) is 46.1 Å². The zero-order chi connectivity index (χ0) is 26.0. The zero-order valence-corrected chi connectivity index (χ0v) is 21.2. The Hall–Kier alpha value is -3.87. The molecule has 0 saturated heterocycles. The van der Waals surface area contributed by atoms with Crippen LogP contribution in [0.4, 0.5) is 0 Å². The van der Waals surface area contributed by atoms with Crippen LogP contribution in [-0.2, 0) is 23.9 Å². The quantitative estimate of drug-likeness (QED) is 0.449. The third kappa shape index (κ3) is 4.91. The molecule has 4 rings (SSSR count). The average Bonchev–Trinajstić information content (AvgIpc) is 2.83. The van der Waals surface area contributed by atoms with E-state index < -0.39 is 23.8 Å². The van der Waals surface area contributed by atoms with Crippen molar-refractivity contribution in [3.05, 3.63) is 82.7 Å². The zero-order valence-electron chi connectivity index (χ0n) is 21.2. The van der Waals surface area contributed by atoms with E-state index in [-0.39, 0.29) is 17.8 Å². The molecule has 0 aromatic heterocycles. The van der Waals surface area contributed by atoms with Crippen LogP contribution >= 0.6 is 0 Å². The van der Waals surface area contributed by atoms with E-state index in [0.717, 1.165) is 0 Å². The fourth-order valence-corrected chi connectivity index (χ4v) is 4.94. The SMILES string of the molecule is COC(=O)[C@@H]1C(=O)C2=C(C[C@@H]1C)NC(C)=C(C(=O)OC(C)C)[C@@H]2c1cccc(Oc2ccccc2)c1. The minimum Gasteiger partial charge on any atom is -0.468 e. The first-order chi connectivity index (χ1) is 17.2. The molecule has 2 aromatic rings. The molecule has 0 radical (unpaired) electrons. The number of methoxy groups -OCH3 is 1. The topological polar surface area (TPSA) is 90.9 Å². The number of hydrogen-bond donors (Lipinski definition) is 1. The van der Waals surface area contributed by atoms with E-state index in [2.05, 4.69) is 5.32 Å². The van der Waals surface area contributed by atoms with Crippen LogP contribution in [-0.4, -0.2) is 30.9 Å². The molecular formula is C29H31NO6. The van der Waals surface area contributed by atoms with Gasteiger partial charge in [-0.05, 0) is 62.9 Å². The summed E-state index contributed by atoms with van der Waals surface area (Å²) in [6.07, 6.45) is 0.132. The Labute approximate surface area is 211 Å². The Morgan fingerprint density at radius 3 is 2.39 bits per heavy atom. The van der Waals surface area contributed by atoms with Gasteiger partial charge in [0.25, 0.3) is 0 Å². The summed E-state index contributed by atoms with van der Waals surface area (Å²) in [5.74, 6) is -2.11. The van der Waals surface area contributed by atoms with Crippen LogP contribution in [0, 0.1) is 11.8 Å². The van der Waals surface area contributed by atoms with Gasteiger partial charge in [0, 0.05) is 22.9 Å².